The third-order valence-electron chi connectivity index (χ3n) is 3.47. The van der Waals surface area contributed by atoms with Crippen LogP contribution in [0.15, 0.2) is 42.7 Å². The van der Waals surface area contributed by atoms with Gasteiger partial charge in [-0.25, -0.2) is 4.39 Å². The number of nitrogens with zero attached hydrogens (tertiary/aromatic N) is 1. The molecule has 0 aliphatic heterocycles. The molecule has 1 heterocycles. The van der Waals surface area contributed by atoms with Crippen LogP contribution in [0, 0.1) is 5.82 Å². The van der Waals surface area contributed by atoms with Gasteiger partial charge in [-0.05, 0) is 36.6 Å². The van der Waals surface area contributed by atoms with Gasteiger partial charge < -0.3 is 15.4 Å². The van der Waals surface area contributed by atoms with Crippen LogP contribution in [0.2, 0.25) is 0 Å². The van der Waals surface area contributed by atoms with E-state index in [1.165, 1.54) is 18.3 Å². The number of halogens is 1. The number of carbonyl (C=O) groups excluding carboxylic acids is 1. The van der Waals surface area contributed by atoms with E-state index >= 15 is 0 Å². The average Bonchev–Trinajstić information content (AvgIpc) is 2.61. The largest absolute Gasteiger partial charge is 0.385 e. The zero-order valence-electron chi connectivity index (χ0n) is 13.7. The maximum Gasteiger partial charge on any atom is 0.252 e. The van der Waals surface area contributed by atoms with Crippen LogP contribution in [0.4, 0.5) is 10.1 Å². The summed E-state index contributed by atoms with van der Waals surface area (Å²) in [5.74, 6) is -0.436. The normalized spacial score (nSPS) is 10.4. The monoisotopic (exact) mass is 331 g/mol. The van der Waals surface area contributed by atoms with Gasteiger partial charge in [0.2, 0.25) is 0 Å². The van der Waals surface area contributed by atoms with Crippen molar-refractivity contribution in [3.05, 3.63) is 59.7 Å². The molecule has 0 bridgehead atoms. The zero-order chi connectivity index (χ0) is 17.2. The molecule has 5 nitrogen and oxygen atoms in total. The predicted molar refractivity (Wildman–Crippen MR) is 91.7 cm³/mol. The predicted octanol–water partition coefficient (Wildman–Crippen LogP) is 2.64. The smallest absolute Gasteiger partial charge is 0.252 e. The van der Waals surface area contributed by atoms with Gasteiger partial charge in [0.1, 0.15) is 5.82 Å². The third kappa shape index (κ3) is 5.96. The maximum atomic E-state index is 12.8. The second kappa shape index (κ2) is 9.62. The molecule has 0 spiro atoms. The van der Waals surface area contributed by atoms with Crippen molar-refractivity contribution in [2.45, 2.75) is 12.8 Å². The lowest BCUT2D eigenvalue weighted by atomic mass is 10.1. The standard InChI is InChI=1S/C18H22FN3O2/c1-24-10-2-8-21-17-11-15(12-20-13-17)18(23)22-9-7-14-3-5-16(19)6-4-14/h3-6,11-13,21H,2,7-10H2,1H3,(H,22,23). The molecule has 0 radical (unpaired) electrons. The Morgan fingerprint density at radius 2 is 2.00 bits per heavy atom. The molecular formula is C18H22FN3O2. The minimum atomic E-state index is -0.260. The van der Waals surface area contributed by atoms with Gasteiger partial charge in [0.25, 0.3) is 5.91 Å². The molecule has 0 aliphatic carbocycles. The first kappa shape index (κ1) is 17.9. The van der Waals surface area contributed by atoms with E-state index in [0.29, 0.717) is 25.1 Å². The molecular weight excluding hydrogens is 309 g/mol. The number of carbonyl (C=O) groups is 1. The molecule has 1 aromatic heterocycles. The molecule has 128 valence electrons. The number of hydrogen-bond acceptors (Lipinski definition) is 4. The van der Waals surface area contributed by atoms with E-state index < -0.39 is 0 Å². The number of anilines is 1. The third-order valence-corrected chi connectivity index (χ3v) is 3.47. The Bertz CT molecular complexity index is 647. The highest BCUT2D eigenvalue weighted by Gasteiger charge is 2.06. The fourth-order valence-electron chi connectivity index (χ4n) is 2.18. The van der Waals surface area contributed by atoms with E-state index in [-0.39, 0.29) is 11.7 Å². The summed E-state index contributed by atoms with van der Waals surface area (Å²) in [4.78, 5) is 16.2. The van der Waals surface area contributed by atoms with Crippen molar-refractivity contribution in [3.63, 3.8) is 0 Å². The Hall–Kier alpha value is -2.47. The minimum absolute atomic E-state index is 0.176. The maximum absolute atomic E-state index is 12.8. The van der Waals surface area contributed by atoms with Crippen molar-refractivity contribution in [2.75, 3.05) is 32.1 Å². The van der Waals surface area contributed by atoms with Gasteiger partial charge in [-0.3, -0.25) is 9.78 Å². The fourth-order valence-corrected chi connectivity index (χ4v) is 2.18. The Balaban J connectivity index is 1.80. The minimum Gasteiger partial charge on any atom is -0.385 e. The molecule has 1 amide bonds. The molecule has 2 rings (SSSR count). The zero-order valence-corrected chi connectivity index (χ0v) is 13.7. The molecule has 2 aromatic rings. The lowest BCUT2D eigenvalue weighted by Gasteiger charge is -2.08. The van der Waals surface area contributed by atoms with Crippen LogP contribution in [-0.4, -0.2) is 37.7 Å². The summed E-state index contributed by atoms with van der Waals surface area (Å²) in [6, 6.07) is 8.04. The summed E-state index contributed by atoms with van der Waals surface area (Å²) in [5, 5.41) is 6.05. The van der Waals surface area contributed by atoms with Crippen molar-refractivity contribution in [1.29, 1.82) is 0 Å². The van der Waals surface area contributed by atoms with E-state index in [2.05, 4.69) is 15.6 Å². The summed E-state index contributed by atoms with van der Waals surface area (Å²) in [7, 11) is 1.67. The van der Waals surface area contributed by atoms with Crippen molar-refractivity contribution in [3.8, 4) is 0 Å². The molecule has 2 N–H and O–H groups in total. The lowest BCUT2D eigenvalue weighted by Crippen LogP contribution is -2.26. The average molecular weight is 331 g/mol. The number of pyridine rings is 1. The molecule has 0 fully saturated rings. The van der Waals surface area contributed by atoms with Crippen LogP contribution in [0.1, 0.15) is 22.3 Å². The van der Waals surface area contributed by atoms with Gasteiger partial charge >= 0.3 is 0 Å². The Morgan fingerprint density at radius 1 is 1.21 bits per heavy atom. The summed E-state index contributed by atoms with van der Waals surface area (Å²) in [6.07, 6.45) is 4.74. The Labute approximate surface area is 141 Å². The van der Waals surface area contributed by atoms with Crippen LogP contribution < -0.4 is 10.6 Å². The van der Waals surface area contributed by atoms with Crippen LogP contribution in [0.5, 0.6) is 0 Å². The lowest BCUT2D eigenvalue weighted by molar-refractivity contribution is 0.0954. The number of benzene rings is 1. The summed E-state index contributed by atoms with van der Waals surface area (Å²) < 4.78 is 17.8. The van der Waals surface area contributed by atoms with Gasteiger partial charge in [-0.2, -0.15) is 0 Å². The number of hydrogen-bond donors (Lipinski definition) is 2. The van der Waals surface area contributed by atoms with E-state index in [1.54, 1.807) is 31.5 Å². The van der Waals surface area contributed by atoms with Crippen LogP contribution in [0.25, 0.3) is 0 Å². The van der Waals surface area contributed by atoms with Gasteiger partial charge in [0, 0.05) is 39.2 Å². The van der Waals surface area contributed by atoms with Crippen molar-refractivity contribution in [1.82, 2.24) is 10.3 Å². The number of ether oxygens (including phenoxy) is 1. The van der Waals surface area contributed by atoms with E-state index in [1.807, 2.05) is 0 Å². The molecule has 0 saturated heterocycles. The quantitative estimate of drug-likeness (QED) is 0.694. The first-order valence-corrected chi connectivity index (χ1v) is 7.89. The fraction of sp³-hybridized carbons (Fsp3) is 0.333. The molecule has 1 aromatic carbocycles. The summed E-state index contributed by atoms with van der Waals surface area (Å²) in [6.45, 7) is 1.92. The topological polar surface area (TPSA) is 63.2 Å². The Kier molecular flexibility index (Phi) is 7.17. The SMILES string of the molecule is COCCCNc1cncc(C(=O)NCCc2ccc(F)cc2)c1. The highest BCUT2D eigenvalue weighted by molar-refractivity contribution is 5.94. The van der Waals surface area contributed by atoms with Gasteiger partial charge in [0.15, 0.2) is 0 Å². The van der Waals surface area contributed by atoms with E-state index in [9.17, 15) is 9.18 Å². The highest BCUT2D eigenvalue weighted by Crippen LogP contribution is 2.09. The number of nitrogens with one attached hydrogen (secondary N) is 2. The number of methoxy groups -OCH3 is 1. The molecule has 0 saturated carbocycles. The van der Waals surface area contributed by atoms with Gasteiger partial charge in [0.05, 0.1) is 11.3 Å². The number of amides is 1. The van der Waals surface area contributed by atoms with Crippen LogP contribution in [-0.2, 0) is 11.2 Å². The molecule has 0 atom stereocenters. The molecule has 6 heteroatoms. The first-order valence-electron chi connectivity index (χ1n) is 7.89. The Morgan fingerprint density at radius 3 is 2.75 bits per heavy atom. The summed E-state index contributed by atoms with van der Waals surface area (Å²) >= 11 is 0. The molecule has 24 heavy (non-hydrogen) atoms. The van der Waals surface area contributed by atoms with Gasteiger partial charge in [-0.1, -0.05) is 12.1 Å². The number of rotatable bonds is 9. The van der Waals surface area contributed by atoms with Crippen LogP contribution in [0.3, 0.4) is 0 Å². The highest BCUT2D eigenvalue weighted by atomic mass is 19.1. The molecule has 0 aliphatic rings. The first-order chi connectivity index (χ1) is 11.7. The van der Waals surface area contributed by atoms with Gasteiger partial charge in [-0.15, -0.1) is 0 Å². The second-order valence-electron chi connectivity index (χ2n) is 5.37. The summed E-state index contributed by atoms with van der Waals surface area (Å²) in [5.41, 5.74) is 2.28. The second-order valence-corrected chi connectivity index (χ2v) is 5.37. The van der Waals surface area contributed by atoms with Crippen molar-refractivity contribution < 1.29 is 13.9 Å². The van der Waals surface area contributed by atoms with Crippen LogP contribution >= 0.6 is 0 Å². The van der Waals surface area contributed by atoms with E-state index in [0.717, 1.165) is 24.2 Å². The van der Waals surface area contributed by atoms with Crippen molar-refractivity contribution in [2.24, 2.45) is 0 Å². The van der Waals surface area contributed by atoms with E-state index in [4.69, 9.17) is 4.74 Å². The number of aromatic nitrogens is 1. The van der Waals surface area contributed by atoms with Crippen molar-refractivity contribution >= 4 is 11.6 Å². The molecule has 0 unspecified atom stereocenters.